The van der Waals surface area contributed by atoms with Gasteiger partial charge in [0.25, 0.3) is 0 Å². The number of rotatable bonds is 5. The van der Waals surface area contributed by atoms with Gasteiger partial charge >= 0.3 is 0 Å². The lowest BCUT2D eigenvalue weighted by Crippen LogP contribution is -2.41. The van der Waals surface area contributed by atoms with Gasteiger partial charge < -0.3 is 5.32 Å². The summed E-state index contributed by atoms with van der Waals surface area (Å²) >= 11 is 0. The molecule has 0 aromatic carbocycles. The van der Waals surface area contributed by atoms with E-state index in [2.05, 4.69) is 31.4 Å². The van der Waals surface area contributed by atoms with Gasteiger partial charge in [-0.2, -0.15) is 0 Å². The van der Waals surface area contributed by atoms with Crippen LogP contribution in [0.3, 0.4) is 0 Å². The Morgan fingerprint density at radius 1 is 1.33 bits per heavy atom. The zero-order chi connectivity index (χ0) is 11.4. The van der Waals surface area contributed by atoms with Crippen molar-refractivity contribution in [1.29, 1.82) is 0 Å². The standard InChI is InChI=1S/C11H20N2O2/c1-7(2)4-5-8(3)12-9-6-10(14)13-11(9)15/h7-9,12H,4-6H2,1-3H3,(H,13,14,15). The van der Waals surface area contributed by atoms with Crippen molar-refractivity contribution in [3.8, 4) is 0 Å². The summed E-state index contributed by atoms with van der Waals surface area (Å²) < 4.78 is 0. The lowest BCUT2D eigenvalue weighted by Gasteiger charge is -2.17. The number of amides is 2. The third-order valence-corrected chi connectivity index (χ3v) is 2.63. The van der Waals surface area contributed by atoms with Gasteiger partial charge in [0.15, 0.2) is 0 Å². The molecule has 1 rings (SSSR count). The smallest absolute Gasteiger partial charge is 0.244 e. The number of carbonyl (C=O) groups excluding carboxylic acids is 2. The first-order chi connectivity index (χ1) is 6.99. The fraction of sp³-hybridized carbons (Fsp3) is 0.818. The van der Waals surface area contributed by atoms with Crippen molar-refractivity contribution in [3.05, 3.63) is 0 Å². The lowest BCUT2D eigenvalue weighted by molar-refractivity contribution is -0.125. The third-order valence-electron chi connectivity index (χ3n) is 2.63. The molecule has 2 unspecified atom stereocenters. The average molecular weight is 212 g/mol. The first-order valence-corrected chi connectivity index (χ1v) is 5.58. The van der Waals surface area contributed by atoms with Gasteiger partial charge in [-0.1, -0.05) is 13.8 Å². The molecule has 4 nitrogen and oxygen atoms in total. The van der Waals surface area contributed by atoms with Crippen LogP contribution in [-0.2, 0) is 9.59 Å². The van der Waals surface area contributed by atoms with Crippen molar-refractivity contribution in [3.63, 3.8) is 0 Å². The summed E-state index contributed by atoms with van der Waals surface area (Å²) in [6, 6.07) is -0.0336. The molecule has 1 heterocycles. The number of hydrogen-bond acceptors (Lipinski definition) is 3. The second-order valence-electron chi connectivity index (χ2n) is 4.71. The molecule has 1 aliphatic rings. The van der Waals surface area contributed by atoms with Crippen molar-refractivity contribution in [1.82, 2.24) is 10.6 Å². The van der Waals surface area contributed by atoms with Gasteiger partial charge in [-0.3, -0.25) is 14.9 Å². The van der Waals surface area contributed by atoms with Crippen LogP contribution in [0.25, 0.3) is 0 Å². The Morgan fingerprint density at radius 3 is 2.47 bits per heavy atom. The van der Waals surface area contributed by atoms with Crippen molar-refractivity contribution in [2.75, 3.05) is 0 Å². The van der Waals surface area contributed by atoms with Crippen LogP contribution in [0.2, 0.25) is 0 Å². The van der Waals surface area contributed by atoms with Gasteiger partial charge in [-0.25, -0.2) is 0 Å². The van der Waals surface area contributed by atoms with E-state index in [1.807, 2.05) is 0 Å². The van der Waals surface area contributed by atoms with E-state index < -0.39 is 0 Å². The van der Waals surface area contributed by atoms with Gasteiger partial charge in [0.1, 0.15) is 0 Å². The molecule has 86 valence electrons. The Hall–Kier alpha value is -0.900. The molecule has 0 spiro atoms. The molecule has 4 heteroatoms. The molecule has 1 saturated heterocycles. The minimum atomic E-state index is -0.320. The minimum absolute atomic E-state index is 0.173. The molecule has 2 amide bonds. The number of carbonyl (C=O) groups is 2. The molecule has 2 atom stereocenters. The Balaban J connectivity index is 2.28. The summed E-state index contributed by atoms with van der Waals surface area (Å²) in [5.41, 5.74) is 0. The molecule has 2 N–H and O–H groups in total. The van der Waals surface area contributed by atoms with Crippen LogP contribution >= 0.6 is 0 Å². The highest BCUT2D eigenvalue weighted by atomic mass is 16.2. The fourth-order valence-electron chi connectivity index (χ4n) is 1.70. The predicted molar refractivity (Wildman–Crippen MR) is 58.2 cm³/mol. The van der Waals surface area contributed by atoms with Crippen molar-refractivity contribution in [2.45, 2.75) is 52.1 Å². The van der Waals surface area contributed by atoms with Crippen LogP contribution in [0.1, 0.15) is 40.0 Å². The summed E-state index contributed by atoms with van der Waals surface area (Å²) in [7, 11) is 0. The molecule has 0 aromatic rings. The van der Waals surface area contributed by atoms with E-state index in [4.69, 9.17) is 0 Å². The average Bonchev–Trinajstić information content (AvgIpc) is 2.42. The summed E-state index contributed by atoms with van der Waals surface area (Å²) in [6.07, 6.45) is 2.46. The fourth-order valence-corrected chi connectivity index (χ4v) is 1.70. The highest BCUT2D eigenvalue weighted by molar-refractivity contribution is 6.05. The zero-order valence-electron chi connectivity index (χ0n) is 9.67. The topological polar surface area (TPSA) is 58.2 Å². The van der Waals surface area contributed by atoms with E-state index in [-0.39, 0.29) is 30.3 Å². The molecular weight excluding hydrogens is 192 g/mol. The van der Waals surface area contributed by atoms with Crippen LogP contribution < -0.4 is 10.6 Å². The van der Waals surface area contributed by atoms with E-state index in [0.29, 0.717) is 5.92 Å². The van der Waals surface area contributed by atoms with Crippen LogP contribution in [-0.4, -0.2) is 23.9 Å². The molecule has 0 bridgehead atoms. The Kier molecular flexibility index (Phi) is 4.27. The second kappa shape index (κ2) is 5.26. The largest absolute Gasteiger partial charge is 0.303 e. The summed E-state index contributed by atoms with van der Waals surface area (Å²) in [4.78, 5) is 22.2. The van der Waals surface area contributed by atoms with Crippen molar-refractivity contribution >= 4 is 11.8 Å². The highest BCUT2D eigenvalue weighted by Gasteiger charge is 2.30. The predicted octanol–water partition coefficient (Wildman–Crippen LogP) is 0.816. The van der Waals surface area contributed by atoms with Crippen LogP contribution in [0.15, 0.2) is 0 Å². The maximum atomic E-state index is 11.3. The van der Waals surface area contributed by atoms with E-state index in [0.717, 1.165) is 12.8 Å². The summed E-state index contributed by atoms with van der Waals surface area (Å²) in [5, 5.41) is 5.48. The molecule has 0 radical (unpaired) electrons. The normalized spacial score (nSPS) is 23.3. The Bertz CT molecular complexity index is 251. The molecule has 1 aliphatic heterocycles. The summed E-state index contributed by atoms with van der Waals surface area (Å²) in [5.74, 6) is 0.318. The van der Waals surface area contributed by atoms with Crippen molar-refractivity contribution in [2.24, 2.45) is 5.92 Å². The number of hydrogen-bond donors (Lipinski definition) is 2. The molecule has 1 fully saturated rings. The monoisotopic (exact) mass is 212 g/mol. The highest BCUT2D eigenvalue weighted by Crippen LogP contribution is 2.09. The van der Waals surface area contributed by atoms with E-state index in [1.165, 1.54) is 0 Å². The first kappa shape index (κ1) is 12.2. The first-order valence-electron chi connectivity index (χ1n) is 5.58. The second-order valence-corrected chi connectivity index (χ2v) is 4.71. The Morgan fingerprint density at radius 2 is 2.00 bits per heavy atom. The molecular formula is C11H20N2O2. The van der Waals surface area contributed by atoms with Crippen LogP contribution in [0, 0.1) is 5.92 Å². The molecule has 0 saturated carbocycles. The SMILES string of the molecule is CC(C)CCC(C)NC1CC(=O)NC1=O. The Labute approximate surface area is 90.8 Å². The van der Waals surface area contributed by atoms with E-state index >= 15 is 0 Å². The van der Waals surface area contributed by atoms with Gasteiger partial charge in [0, 0.05) is 6.04 Å². The van der Waals surface area contributed by atoms with Crippen LogP contribution in [0.5, 0.6) is 0 Å². The number of nitrogens with one attached hydrogen (secondary N) is 2. The minimum Gasteiger partial charge on any atom is -0.303 e. The maximum Gasteiger partial charge on any atom is 0.244 e. The zero-order valence-corrected chi connectivity index (χ0v) is 9.67. The third kappa shape index (κ3) is 4.00. The number of imide groups is 1. The van der Waals surface area contributed by atoms with Crippen molar-refractivity contribution < 1.29 is 9.59 Å². The van der Waals surface area contributed by atoms with Crippen LogP contribution in [0.4, 0.5) is 0 Å². The van der Waals surface area contributed by atoms with Gasteiger partial charge in [-0.15, -0.1) is 0 Å². The van der Waals surface area contributed by atoms with Gasteiger partial charge in [0.2, 0.25) is 11.8 Å². The maximum absolute atomic E-state index is 11.3. The summed E-state index contributed by atoms with van der Waals surface area (Å²) in [6.45, 7) is 6.41. The molecule has 0 aromatic heterocycles. The van der Waals surface area contributed by atoms with Gasteiger partial charge in [0.05, 0.1) is 12.5 Å². The van der Waals surface area contributed by atoms with E-state index in [9.17, 15) is 9.59 Å². The van der Waals surface area contributed by atoms with Gasteiger partial charge in [-0.05, 0) is 25.7 Å². The van der Waals surface area contributed by atoms with E-state index in [1.54, 1.807) is 0 Å². The quantitative estimate of drug-likeness (QED) is 0.663. The lowest BCUT2D eigenvalue weighted by atomic mass is 10.0. The molecule has 0 aliphatic carbocycles. The molecule has 15 heavy (non-hydrogen) atoms.